The molecular formula is C27H18Cl2N4O5S. The summed E-state index contributed by atoms with van der Waals surface area (Å²) in [4.78, 5) is 38.0. The Morgan fingerprint density at radius 3 is 2.44 bits per heavy atom. The number of benzene rings is 3. The van der Waals surface area contributed by atoms with Gasteiger partial charge in [0.15, 0.2) is 0 Å². The minimum absolute atomic E-state index is 0.0255. The minimum Gasteiger partial charge on any atom is -0.443 e. The number of halogens is 2. The normalized spacial score (nSPS) is 11.8. The van der Waals surface area contributed by atoms with Crippen LogP contribution in [0.4, 0.5) is 11.4 Å². The van der Waals surface area contributed by atoms with E-state index in [0.29, 0.717) is 10.6 Å². The zero-order valence-corrected chi connectivity index (χ0v) is 22.5. The van der Waals surface area contributed by atoms with Gasteiger partial charge in [0.2, 0.25) is 6.10 Å². The second-order valence-electron chi connectivity index (χ2n) is 8.41. The van der Waals surface area contributed by atoms with Crippen molar-refractivity contribution < 1.29 is 19.2 Å². The van der Waals surface area contributed by atoms with Gasteiger partial charge in [0.25, 0.3) is 11.6 Å². The van der Waals surface area contributed by atoms with Gasteiger partial charge in [-0.25, -0.2) is 9.48 Å². The van der Waals surface area contributed by atoms with E-state index in [4.69, 9.17) is 27.9 Å². The topological polar surface area (TPSA) is 116 Å². The average molecular weight is 581 g/mol. The molecule has 3 aromatic carbocycles. The number of esters is 1. The van der Waals surface area contributed by atoms with Crippen LogP contribution in [0, 0.1) is 17.0 Å². The molecule has 1 atom stereocenters. The molecule has 5 aromatic rings. The predicted octanol–water partition coefficient (Wildman–Crippen LogP) is 7.15. The molecule has 0 aliphatic carbocycles. The van der Waals surface area contributed by atoms with Crippen molar-refractivity contribution in [3.8, 4) is 5.69 Å². The number of fused-ring (bicyclic) bond motifs is 1. The third-order valence-corrected chi connectivity index (χ3v) is 7.46. The molecule has 39 heavy (non-hydrogen) atoms. The van der Waals surface area contributed by atoms with E-state index in [1.54, 1.807) is 53.2 Å². The van der Waals surface area contributed by atoms with Crippen LogP contribution in [-0.4, -0.2) is 26.6 Å². The highest BCUT2D eigenvalue weighted by Gasteiger charge is 2.28. The van der Waals surface area contributed by atoms with E-state index in [1.807, 2.05) is 19.1 Å². The monoisotopic (exact) mass is 580 g/mol. The summed E-state index contributed by atoms with van der Waals surface area (Å²) < 4.78 is 7.44. The molecule has 0 saturated heterocycles. The van der Waals surface area contributed by atoms with E-state index in [2.05, 4.69) is 10.4 Å². The third-order valence-electron chi connectivity index (χ3n) is 5.80. The van der Waals surface area contributed by atoms with E-state index in [9.17, 15) is 19.7 Å². The van der Waals surface area contributed by atoms with Gasteiger partial charge in [0.1, 0.15) is 9.71 Å². The van der Waals surface area contributed by atoms with E-state index in [-0.39, 0.29) is 21.3 Å². The molecule has 0 bridgehead atoms. The molecule has 0 aliphatic rings. The maximum Gasteiger partial charge on any atom is 0.349 e. The standard InChI is InChI=1S/C27H18Cl2N4O5S/c1-15-20-14-23(39-26(20)32(31-15)18-9-7-17(28)8-10-18)27(35)38-24(16-5-3-2-4-6-16)25(34)30-22-12-11-19(33(36)37)13-21(22)29/h2-14,24H,1H3,(H,30,34). The lowest BCUT2D eigenvalue weighted by Crippen LogP contribution is -2.25. The summed E-state index contributed by atoms with van der Waals surface area (Å²) in [5.74, 6) is -1.37. The van der Waals surface area contributed by atoms with Crippen molar-refractivity contribution in [3.05, 3.63) is 115 Å². The Bertz CT molecular complexity index is 1720. The number of hydrogen-bond acceptors (Lipinski definition) is 7. The summed E-state index contributed by atoms with van der Waals surface area (Å²) in [6.07, 6.45) is -1.32. The van der Waals surface area contributed by atoms with Gasteiger partial charge < -0.3 is 10.1 Å². The van der Waals surface area contributed by atoms with Crippen molar-refractivity contribution in [1.82, 2.24) is 9.78 Å². The first-order valence-corrected chi connectivity index (χ1v) is 13.0. The van der Waals surface area contributed by atoms with Crippen molar-refractivity contribution in [2.24, 2.45) is 0 Å². The molecule has 0 radical (unpaired) electrons. The molecule has 0 aliphatic heterocycles. The zero-order valence-electron chi connectivity index (χ0n) is 20.1. The fourth-order valence-corrected chi connectivity index (χ4v) is 5.30. The number of anilines is 1. The Morgan fingerprint density at radius 1 is 1.05 bits per heavy atom. The second kappa shape index (κ2) is 10.9. The molecule has 1 amide bonds. The van der Waals surface area contributed by atoms with Crippen LogP contribution in [0.1, 0.15) is 27.0 Å². The summed E-state index contributed by atoms with van der Waals surface area (Å²) in [7, 11) is 0. The molecule has 9 nitrogen and oxygen atoms in total. The smallest absolute Gasteiger partial charge is 0.349 e. The summed E-state index contributed by atoms with van der Waals surface area (Å²) in [6.45, 7) is 1.84. The third kappa shape index (κ3) is 5.49. The Kier molecular flexibility index (Phi) is 7.34. The van der Waals surface area contributed by atoms with Gasteiger partial charge in [-0.15, -0.1) is 11.3 Å². The fourth-order valence-electron chi connectivity index (χ4n) is 3.89. The summed E-state index contributed by atoms with van der Waals surface area (Å²) >= 11 is 13.4. The molecular weight excluding hydrogens is 563 g/mol. The highest BCUT2D eigenvalue weighted by molar-refractivity contribution is 7.20. The predicted molar refractivity (Wildman–Crippen MR) is 150 cm³/mol. The Balaban J connectivity index is 1.43. The number of nitrogens with zero attached hydrogens (tertiary/aromatic N) is 3. The number of aromatic nitrogens is 2. The van der Waals surface area contributed by atoms with Crippen LogP contribution in [-0.2, 0) is 9.53 Å². The van der Waals surface area contributed by atoms with Crippen LogP contribution >= 0.6 is 34.5 Å². The van der Waals surface area contributed by atoms with Gasteiger partial charge in [0.05, 0.1) is 27.0 Å². The number of non-ortho nitro benzene ring substituents is 1. The van der Waals surface area contributed by atoms with Gasteiger partial charge in [0, 0.05) is 28.1 Å². The number of nitro benzene ring substituents is 1. The number of aryl methyl sites for hydroxylation is 1. The van der Waals surface area contributed by atoms with Crippen LogP contribution < -0.4 is 5.32 Å². The van der Waals surface area contributed by atoms with Crippen LogP contribution in [0.3, 0.4) is 0 Å². The number of amides is 1. The lowest BCUT2D eigenvalue weighted by atomic mass is 10.1. The van der Waals surface area contributed by atoms with Crippen molar-refractivity contribution in [2.75, 3.05) is 5.32 Å². The lowest BCUT2D eigenvalue weighted by Gasteiger charge is -2.18. The number of rotatable bonds is 7. The molecule has 5 rings (SSSR count). The first kappa shape index (κ1) is 26.4. The molecule has 0 saturated carbocycles. The van der Waals surface area contributed by atoms with Crippen molar-refractivity contribution in [3.63, 3.8) is 0 Å². The highest BCUT2D eigenvalue weighted by Crippen LogP contribution is 2.33. The number of nitro groups is 1. The number of carbonyl (C=O) groups is 2. The highest BCUT2D eigenvalue weighted by atomic mass is 35.5. The van der Waals surface area contributed by atoms with E-state index >= 15 is 0 Å². The molecule has 2 heterocycles. The van der Waals surface area contributed by atoms with E-state index in [1.165, 1.54) is 23.5 Å². The molecule has 196 valence electrons. The fraction of sp³-hybridized carbons (Fsp3) is 0.0741. The molecule has 0 fully saturated rings. The Morgan fingerprint density at radius 2 is 1.77 bits per heavy atom. The maximum atomic E-state index is 13.3. The molecule has 1 N–H and O–H groups in total. The van der Waals surface area contributed by atoms with Gasteiger partial charge in [-0.05, 0) is 43.3 Å². The molecule has 0 spiro atoms. The first-order chi connectivity index (χ1) is 18.7. The number of thiophene rings is 1. The SMILES string of the molecule is Cc1nn(-c2ccc(Cl)cc2)c2sc(C(=O)OC(C(=O)Nc3ccc([N+](=O)[O-])cc3Cl)c3ccccc3)cc12. The van der Waals surface area contributed by atoms with Crippen LogP contribution in [0.5, 0.6) is 0 Å². The van der Waals surface area contributed by atoms with Crippen molar-refractivity contribution in [2.45, 2.75) is 13.0 Å². The summed E-state index contributed by atoms with van der Waals surface area (Å²) in [5, 5.41) is 19.5. The maximum absolute atomic E-state index is 13.3. The van der Waals surface area contributed by atoms with Gasteiger partial charge in [-0.1, -0.05) is 53.5 Å². The molecule has 12 heteroatoms. The van der Waals surface area contributed by atoms with Crippen LogP contribution in [0.25, 0.3) is 15.9 Å². The van der Waals surface area contributed by atoms with Crippen molar-refractivity contribution >= 4 is 68.0 Å². The van der Waals surface area contributed by atoms with Gasteiger partial charge in [-0.2, -0.15) is 5.10 Å². The average Bonchev–Trinajstić information content (AvgIpc) is 3.50. The van der Waals surface area contributed by atoms with Crippen LogP contribution in [0.2, 0.25) is 10.0 Å². The van der Waals surface area contributed by atoms with Gasteiger partial charge in [-0.3, -0.25) is 14.9 Å². The van der Waals surface area contributed by atoms with E-state index < -0.39 is 22.9 Å². The number of carbonyl (C=O) groups excluding carboxylic acids is 2. The quantitative estimate of drug-likeness (QED) is 0.124. The second-order valence-corrected chi connectivity index (χ2v) is 10.3. The Hall–Kier alpha value is -4.25. The largest absolute Gasteiger partial charge is 0.443 e. The molecule has 2 aromatic heterocycles. The zero-order chi connectivity index (χ0) is 27.7. The van der Waals surface area contributed by atoms with Crippen LogP contribution in [0.15, 0.2) is 78.9 Å². The number of nitrogens with one attached hydrogen (secondary N) is 1. The number of hydrogen-bond donors (Lipinski definition) is 1. The first-order valence-electron chi connectivity index (χ1n) is 11.5. The van der Waals surface area contributed by atoms with E-state index in [0.717, 1.165) is 27.7 Å². The summed E-state index contributed by atoms with van der Waals surface area (Å²) in [6, 6.07) is 21.0. The molecule has 1 unspecified atom stereocenters. The minimum atomic E-state index is -1.32. The van der Waals surface area contributed by atoms with Crippen molar-refractivity contribution in [1.29, 1.82) is 0 Å². The Labute approximate surface area is 235 Å². The number of ether oxygens (including phenoxy) is 1. The lowest BCUT2D eigenvalue weighted by molar-refractivity contribution is -0.384. The summed E-state index contributed by atoms with van der Waals surface area (Å²) in [5.41, 5.74) is 1.86. The van der Waals surface area contributed by atoms with Gasteiger partial charge >= 0.3 is 5.97 Å².